The summed E-state index contributed by atoms with van der Waals surface area (Å²) in [5, 5.41) is 2.94. The molecule has 0 saturated carbocycles. The minimum Gasteiger partial charge on any atom is -0.354 e. The summed E-state index contributed by atoms with van der Waals surface area (Å²) in [6, 6.07) is 5.67. The van der Waals surface area contributed by atoms with Crippen molar-refractivity contribution in [3.8, 4) is 0 Å². The van der Waals surface area contributed by atoms with Crippen LogP contribution >= 0.6 is 0 Å². The van der Waals surface area contributed by atoms with Crippen LogP contribution in [0.2, 0.25) is 0 Å². The molecule has 0 spiro atoms. The van der Waals surface area contributed by atoms with Gasteiger partial charge in [-0.2, -0.15) is 0 Å². The molecule has 1 aliphatic rings. The molecule has 1 aromatic rings. The second-order valence-corrected chi connectivity index (χ2v) is 6.13. The van der Waals surface area contributed by atoms with Crippen LogP contribution in [0.4, 0.5) is 4.39 Å². The van der Waals surface area contributed by atoms with Gasteiger partial charge in [0.25, 0.3) is 0 Å². The fourth-order valence-corrected chi connectivity index (χ4v) is 3.23. The highest BCUT2D eigenvalue weighted by Gasteiger charge is 2.42. The van der Waals surface area contributed by atoms with Gasteiger partial charge in [-0.25, -0.2) is 4.39 Å². The van der Waals surface area contributed by atoms with E-state index in [1.54, 1.807) is 24.1 Å². The first-order valence-electron chi connectivity index (χ1n) is 8.49. The predicted octanol–water partition coefficient (Wildman–Crippen LogP) is 1.80. The third-order valence-corrected chi connectivity index (χ3v) is 4.76. The van der Waals surface area contributed by atoms with Crippen LogP contribution in [-0.4, -0.2) is 54.8 Å². The van der Waals surface area contributed by atoms with Crippen LogP contribution in [0.15, 0.2) is 24.3 Å². The standard InChI is InChI=1S/C18H26FN3O2/c1-4-22(5-2)11-10-20-18(24)15-12-16(23)21(3)17(15)13-6-8-14(19)9-7-13/h6-9,15,17H,4-5,10-12H2,1-3H3,(H,20,24)/t15-,17+/m0/s1. The first kappa shape index (κ1) is 18.4. The Hall–Kier alpha value is -1.95. The number of amides is 2. The lowest BCUT2D eigenvalue weighted by Gasteiger charge is -2.25. The molecule has 6 heteroatoms. The number of hydrogen-bond donors (Lipinski definition) is 1. The van der Waals surface area contributed by atoms with Crippen LogP contribution in [0, 0.1) is 11.7 Å². The molecule has 132 valence electrons. The summed E-state index contributed by atoms with van der Waals surface area (Å²) in [5.74, 6) is -0.946. The molecule has 5 nitrogen and oxygen atoms in total. The Morgan fingerprint density at radius 2 is 1.92 bits per heavy atom. The fraction of sp³-hybridized carbons (Fsp3) is 0.556. The Balaban J connectivity index is 2.04. The number of nitrogens with one attached hydrogen (secondary N) is 1. The van der Waals surface area contributed by atoms with Crippen molar-refractivity contribution in [2.24, 2.45) is 5.92 Å². The molecule has 1 N–H and O–H groups in total. The largest absolute Gasteiger partial charge is 0.354 e. The van der Waals surface area contributed by atoms with E-state index in [1.807, 2.05) is 0 Å². The SMILES string of the molecule is CCN(CC)CCNC(=O)[C@H]1CC(=O)N(C)[C@@H]1c1ccc(F)cc1. The molecule has 0 radical (unpaired) electrons. The molecule has 0 aliphatic carbocycles. The average Bonchev–Trinajstić information content (AvgIpc) is 2.88. The molecule has 2 atom stereocenters. The summed E-state index contributed by atoms with van der Waals surface area (Å²) >= 11 is 0. The first-order valence-corrected chi connectivity index (χ1v) is 8.49. The lowest BCUT2D eigenvalue weighted by molar-refractivity contribution is -0.128. The average molecular weight is 335 g/mol. The highest BCUT2D eigenvalue weighted by Crippen LogP contribution is 2.37. The van der Waals surface area contributed by atoms with Gasteiger partial charge in [0, 0.05) is 26.6 Å². The van der Waals surface area contributed by atoms with E-state index < -0.39 is 5.92 Å². The van der Waals surface area contributed by atoms with Crippen molar-refractivity contribution in [1.29, 1.82) is 0 Å². The van der Waals surface area contributed by atoms with E-state index in [1.165, 1.54) is 12.1 Å². The molecule has 2 amide bonds. The zero-order valence-electron chi connectivity index (χ0n) is 14.6. The van der Waals surface area contributed by atoms with Crippen molar-refractivity contribution in [3.63, 3.8) is 0 Å². The molecule has 0 unspecified atom stereocenters. The molecule has 1 saturated heterocycles. The van der Waals surface area contributed by atoms with Gasteiger partial charge in [0.15, 0.2) is 0 Å². The maximum Gasteiger partial charge on any atom is 0.226 e. The maximum atomic E-state index is 13.1. The van der Waals surface area contributed by atoms with Gasteiger partial charge in [-0.1, -0.05) is 26.0 Å². The minimum absolute atomic E-state index is 0.0618. The van der Waals surface area contributed by atoms with Crippen LogP contribution in [0.5, 0.6) is 0 Å². The van der Waals surface area contributed by atoms with Crippen molar-refractivity contribution < 1.29 is 14.0 Å². The fourth-order valence-electron chi connectivity index (χ4n) is 3.23. The molecule has 1 heterocycles. The predicted molar refractivity (Wildman–Crippen MR) is 90.8 cm³/mol. The third-order valence-electron chi connectivity index (χ3n) is 4.76. The Morgan fingerprint density at radius 3 is 2.50 bits per heavy atom. The summed E-state index contributed by atoms with van der Waals surface area (Å²) in [4.78, 5) is 28.5. The van der Waals surface area contributed by atoms with E-state index >= 15 is 0 Å². The summed E-state index contributed by atoms with van der Waals surface area (Å²) in [7, 11) is 1.69. The van der Waals surface area contributed by atoms with E-state index in [4.69, 9.17) is 0 Å². The van der Waals surface area contributed by atoms with Crippen molar-refractivity contribution in [1.82, 2.24) is 15.1 Å². The van der Waals surface area contributed by atoms with Crippen LogP contribution in [0.1, 0.15) is 31.9 Å². The minimum atomic E-state index is -0.440. The number of likely N-dealkylation sites (tertiary alicyclic amines) is 1. The van der Waals surface area contributed by atoms with Gasteiger partial charge in [-0.15, -0.1) is 0 Å². The van der Waals surface area contributed by atoms with E-state index in [0.29, 0.717) is 6.54 Å². The summed E-state index contributed by atoms with van der Waals surface area (Å²) in [5.41, 5.74) is 0.786. The number of carbonyl (C=O) groups is 2. The van der Waals surface area contributed by atoms with Gasteiger partial charge in [-0.3, -0.25) is 9.59 Å². The monoisotopic (exact) mass is 335 g/mol. The molecule has 0 aromatic heterocycles. The highest BCUT2D eigenvalue weighted by molar-refractivity contribution is 5.90. The Morgan fingerprint density at radius 1 is 1.29 bits per heavy atom. The lowest BCUT2D eigenvalue weighted by Crippen LogP contribution is -2.39. The van der Waals surface area contributed by atoms with Crippen LogP contribution in [0.25, 0.3) is 0 Å². The molecule has 0 bridgehead atoms. The van der Waals surface area contributed by atoms with Crippen molar-refractivity contribution >= 4 is 11.8 Å². The smallest absolute Gasteiger partial charge is 0.226 e. The number of halogens is 1. The van der Waals surface area contributed by atoms with E-state index in [2.05, 4.69) is 24.1 Å². The number of rotatable bonds is 7. The number of carbonyl (C=O) groups excluding carboxylic acids is 2. The Kier molecular flexibility index (Phi) is 6.31. The number of hydrogen-bond acceptors (Lipinski definition) is 3. The molecule has 2 rings (SSSR count). The Bertz CT molecular complexity index is 572. The van der Waals surface area contributed by atoms with Crippen molar-refractivity contribution in [2.45, 2.75) is 26.3 Å². The van der Waals surface area contributed by atoms with Crippen LogP contribution in [-0.2, 0) is 9.59 Å². The van der Waals surface area contributed by atoms with Crippen LogP contribution < -0.4 is 5.32 Å². The van der Waals surface area contributed by atoms with E-state index in [0.717, 1.165) is 25.2 Å². The summed E-state index contributed by atoms with van der Waals surface area (Å²) in [6.45, 7) is 7.40. The second-order valence-electron chi connectivity index (χ2n) is 6.13. The number of benzene rings is 1. The molecule has 24 heavy (non-hydrogen) atoms. The van der Waals surface area contributed by atoms with Gasteiger partial charge >= 0.3 is 0 Å². The zero-order valence-corrected chi connectivity index (χ0v) is 14.6. The summed E-state index contributed by atoms with van der Waals surface area (Å²) in [6.07, 6.45) is 0.190. The van der Waals surface area contributed by atoms with Gasteiger partial charge < -0.3 is 15.1 Å². The highest BCUT2D eigenvalue weighted by atomic mass is 19.1. The van der Waals surface area contributed by atoms with Crippen LogP contribution in [0.3, 0.4) is 0 Å². The van der Waals surface area contributed by atoms with E-state index in [-0.39, 0.29) is 30.1 Å². The summed E-state index contributed by atoms with van der Waals surface area (Å²) < 4.78 is 13.1. The van der Waals surface area contributed by atoms with Crippen molar-refractivity contribution in [2.75, 3.05) is 33.2 Å². The Labute approximate surface area is 142 Å². The second kappa shape index (κ2) is 8.24. The quantitative estimate of drug-likeness (QED) is 0.827. The van der Waals surface area contributed by atoms with E-state index in [9.17, 15) is 14.0 Å². The lowest BCUT2D eigenvalue weighted by atomic mass is 9.93. The third kappa shape index (κ3) is 4.12. The van der Waals surface area contributed by atoms with Gasteiger partial charge in [-0.05, 0) is 30.8 Å². The molecule has 1 fully saturated rings. The molecule has 1 aliphatic heterocycles. The van der Waals surface area contributed by atoms with Gasteiger partial charge in [0.2, 0.25) is 11.8 Å². The number of nitrogens with zero attached hydrogens (tertiary/aromatic N) is 2. The first-order chi connectivity index (χ1) is 11.5. The maximum absolute atomic E-state index is 13.1. The zero-order chi connectivity index (χ0) is 17.7. The van der Waals surface area contributed by atoms with Gasteiger partial charge in [0.05, 0.1) is 12.0 Å². The topological polar surface area (TPSA) is 52.7 Å². The molecular formula is C18H26FN3O2. The number of likely N-dealkylation sites (N-methyl/N-ethyl adjacent to an activating group) is 1. The molecule has 1 aromatic carbocycles. The molecular weight excluding hydrogens is 309 g/mol. The van der Waals surface area contributed by atoms with Crippen molar-refractivity contribution in [3.05, 3.63) is 35.6 Å². The normalized spacial score (nSPS) is 20.7. The van der Waals surface area contributed by atoms with Gasteiger partial charge in [0.1, 0.15) is 5.82 Å².